The van der Waals surface area contributed by atoms with E-state index in [0.717, 1.165) is 0 Å². The van der Waals surface area contributed by atoms with Crippen molar-refractivity contribution in [2.24, 2.45) is 0 Å². The first-order valence-electron chi connectivity index (χ1n) is 4.00. The van der Waals surface area contributed by atoms with E-state index in [0.29, 0.717) is 0 Å². The number of rotatable bonds is 0. The minimum Gasteiger partial charge on any atom is -0.114 e. The van der Waals surface area contributed by atoms with Gasteiger partial charge in [-0.25, -0.2) is 0 Å². The first-order chi connectivity index (χ1) is 4.00. The number of halogens is 2. The average molecular weight is 274 g/mol. The summed E-state index contributed by atoms with van der Waals surface area (Å²) in [7, 11) is 0. The predicted molar refractivity (Wildman–Crippen MR) is 57.6 cm³/mol. The molecule has 0 amide bonds. The summed E-state index contributed by atoms with van der Waals surface area (Å²) in [4.78, 5) is 0. The van der Waals surface area contributed by atoms with Gasteiger partial charge in [-0.05, 0) is 0 Å². The van der Waals surface area contributed by atoms with Crippen LogP contribution in [-0.4, -0.2) is 0 Å². The second-order valence-electron chi connectivity index (χ2n) is 2.83. The fourth-order valence-electron chi connectivity index (χ4n) is 1.41. The molecule has 0 aromatic heterocycles. The van der Waals surface area contributed by atoms with Gasteiger partial charge in [0, 0.05) is 0 Å². The predicted octanol–water partition coefficient (Wildman–Crippen LogP) is 4.28. The lowest BCUT2D eigenvalue weighted by Gasteiger charge is -2.05. The summed E-state index contributed by atoms with van der Waals surface area (Å²) in [5.74, 6) is 0. The van der Waals surface area contributed by atoms with E-state index in [2.05, 4.69) is 0 Å². The van der Waals surface area contributed by atoms with Gasteiger partial charge in [-0.2, -0.15) is 0 Å². The van der Waals surface area contributed by atoms with Crippen LogP contribution in [0.15, 0.2) is 0 Å². The Morgan fingerprint density at radius 2 is 0.400 bits per heavy atom. The average Bonchev–Trinajstić information content (AvgIpc) is 1.62. The zero-order chi connectivity index (χ0) is 5.66. The monoisotopic (exact) mass is 272 g/mol. The van der Waals surface area contributed by atoms with Crippen LogP contribution >= 0.6 is 34.0 Å². The van der Waals surface area contributed by atoms with E-state index in [1.165, 1.54) is 51.4 Å². The largest absolute Gasteiger partial charge is 0.114 e. The van der Waals surface area contributed by atoms with E-state index in [1.54, 1.807) is 0 Å². The second-order valence-corrected chi connectivity index (χ2v) is 2.83. The molecule has 1 fully saturated rings. The summed E-state index contributed by atoms with van der Waals surface area (Å²) in [6.07, 6.45) is 12.0. The van der Waals surface area contributed by atoms with Crippen LogP contribution in [0.4, 0.5) is 0 Å². The lowest BCUT2D eigenvalue weighted by atomic mass is 10.0. The maximum atomic E-state index is 1.50. The molecule has 1 aliphatic carbocycles. The highest BCUT2D eigenvalue weighted by Gasteiger charge is 1.95. The lowest BCUT2D eigenvalue weighted by Crippen LogP contribution is -1.85. The molecule has 0 aliphatic heterocycles. The summed E-state index contributed by atoms with van der Waals surface area (Å²) in [5, 5.41) is 0. The first kappa shape index (κ1) is 13.5. The zero-order valence-corrected chi connectivity index (χ0v) is 9.90. The van der Waals surface area contributed by atoms with Crippen LogP contribution in [0.5, 0.6) is 0 Å². The van der Waals surface area contributed by atoms with Crippen LogP contribution < -0.4 is 0 Å². The molecule has 1 rings (SSSR count). The van der Waals surface area contributed by atoms with E-state index in [4.69, 9.17) is 0 Å². The third kappa shape index (κ3) is 7.07. The van der Waals surface area contributed by atoms with Crippen LogP contribution in [0.25, 0.3) is 0 Å². The number of hydrogen-bond donors (Lipinski definition) is 0. The Kier molecular flexibility index (Phi) is 13.5. The summed E-state index contributed by atoms with van der Waals surface area (Å²) < 4.78 is 0. The van der Waals surface area contributed by atoms with Gasteiger partial charge in [-0.3, -0.25) is 0 Å². The Morgan fingerprint density at radius 3 is 0.500 bits per heavy atom. The van der Waals surface area contributed by atoms with Crippen molar-refractivity contribution in [3.63, 3.8) is 0 Å². The van der Waals surface area contributed by atoms with Crippen LogP contribution in [0.3, 0.4) is 0 Å². The van der Waals surface area contributed by atoms with Crippen molar-refractivity contribution in [1.82, 2.24) is 0 Å². The molecule has 2 heteroatoms. The molecule has 0 heterocycles. The van der Waals surface area contributed by atoms with Gasteiger partial charge in [0.2, 0.25) is 0 Å². The van der Waals surface area contributed by atoms with Gasteiger partial charge < -0.3 is 0 Å². The summed E-state index contributed by atoms with van der Waals surface area (Å²) >= 11 is 0. The van der Waals surface area contributed by atoms with Gasteiger partial charge in [0.15, 0.2) is 0 Å². The van der Waals surface area contributed by atoms with Crippen molar-refractivity contribution in [2.45, 2.75) is 51.4 Å². The fraction of sp³-hybridized carbons (Fsp3) is 1.00. The molecule has 1 saturated carbocycles. The van der Waals surface area contributed by atoms with Gasteiger partial charge in [0.1, 0.15) is 0 Å². The molecule has 0 nitrogen and oxygen atoms in total. The van der Waals surface area contributed by atoms with E-state index in [1.807, 2.05) is 0 Å². The van der Waals surface area contributed by atoms with Crippen LogP contribution in [-0.2, 0) is 0 Å². The van der Waals surface area contributed by atoms with Gasteiger partial charge in [-0.1, -0.05) is 51.4 Å². The van der Waals surface area contributed by atoms with Crippen molar-refractivity contribution >= 4 is 34.0 Å². The molecule has 0 radical (unpaired) electrons. The molecule has 0 unspecified atom stereocenters. The summed E-state index contributed by atoms with van der Waals surface area (Å²) in [5.41, 5.74) is 0. The Hall–Kier alpha value is 0.960. The molecule has 0 aromatic rings. The molecular formula is C8H18Br2. The minimum absolute atomic E-state index is 0. The van der Waals surface area contributed by atoms with Gasteiger partial charge >= 0.3 is 0 Å². The highest BCUT2D eigenvalue weighted by atomic mass is 79.9. The molecule has 1 aliphatic rings. The molecular weight excluding hydrogens is 256 g/mol. The lowest BCUT2D eigenvalue weighted by molar-refractivity contribution is 0.504. The molecule has 0 bridgehead atoms. The maximum absolute atomic E-state index is 1.50. The molecule has 0 aromatic carbocycles. The van der Waals surface area contributed by atoms with Crippen LogP contribution in [0.1, 0.15) is 51.4 Å². The molecule has 0 spiro atoms. The highest BCUT2D eigenvalue weighted by molar-refractivity contribution is 8.93. The van der Waals surface area contributed by atoms with E-state index >= 15 is 0 Å². The fourth-order valence-corrected chi connectivity index (χ4v) is 1.41. The van der Waals surface area contributed by atoms with Gasteiger partial charge in [0.25, 0.3) is 0 Å². The maximum Gasteiger partial charge on any atom is -0.0533 e. The minimum atomic E-state index is 0. The Labute approximate surface area is 85.3 Å². The molecule has 0 saturated heterocycles. The van der Waals surface area contributed by atoms with E-state index in [9.17, 15) is 0 Å². The van der Waals surface area contributed by atoms with Crippen molar-refractivity contribution in [2.75, 3.05) is 0 Å². The topological polar surface area (TPSA) is 0 Å². The van der Waals surface area contributed by atoms with Crippen molar-refractivity contribution in [3.05, 3.63) is 0 Å². The highest BCUT2D eigenvalue weighted by Crippen LogP contribution is 2.15. The normalized spacial score (nSPS) is 19.2. The Balaban J connectivity index is 0. The Morgan fingerprint density at radius 1 is 0.300 bits per heavy atom. The van der Waals surface area contributed by atoms with Crippen LogP contribution in [0, 0.1) is 0 Å². The third-order valence-electron chi connectivity index (χ3n) is 2.00. The SMILES string of the molecule is Br.Br.C1CCCCCCC1. The van der Waals surface area contributed by atoms with Crippen molar-refractivity contribution in [3.8, 4) is 0 Å². The smallest absolute Gasteiger partial charge is 0.0533 e. The molecule has 0 N–H and O–H groups in total. The second kappa shape index (κ2) is 9.96. The van der Waals surface area contributed by atoms with Crippen molar-refractivity contribution < 1.29 is 0 Å². The number of hydrogen-bond acceptors (Lipinski definition) is 0. The standard InChI is InChI=1S/C8H16.2BrH/c1-2-4-6-8-7-5-3-1;;/h1-8H2;2*1H. The zero-order valence-electron chi connectivity index (χ0n) is 6.47. The van der Waals surface area contributed by atoms with E-state index < -0.39 is 0 Å². The molecule has 0 atom stereocenters. The van der Waals surface area contributed by atoms with Gasteiger partial charge in [0.05, 0.1) is 0 Å². The Bertz CT molecular complexity index is 31.2. The van der Waals surface area contributed by atoms with E-state index in [-0.39, 0.29) is 34.0 Å². The third-order valence-corrected chi connectivity index (χ3v) is 2.00. The first-order valence-corrected chi connectivity index (χ1v) is 4.00. The quantitative estimate of drug-likeness (QED) is 0.618. The summed E-state index contributed by atoms with van der Waals surface area (Å²) in [6.45, 7) is 0. The van der Waals surface area contributed by atoms with Crippen LogP contribution in [0.2, 0.25) is 0 Å². The molecule has 10 heavy (non-hydrogen) atoms. The summed E-state index contributed by atoms with van der Waals surface area (Å²) in [6, 6.07) is 0. The molecule has 64 valence electrons. The van der Waals surface area contributed by atoms with Crippen molar-refractivity contribution in [1.29, 1.82) is 0 Å². The van der Waals surface area contributed by atoms with Gasteiger partial charge in [-0.15, -0.1) is 34.0 Å².